The summed E-state index contributed by atoms with van der Waals surface area (Å²) >= 11 is 5.96. The van der Waals surface area contributed by atoms with Gasteiger partial charge in [-0.2, -0.15) is 0 Å². The smallest absolute Gasteiger partial charge is 0.278 e. The summed E-state index contributed by atoms with van der Waals surface area (Å²) in [5.74, 6) is -0.934. The van der Waals surface area contributed by atoms with E-state index in [2.05, 4.69) is 10.3 Å². The predicted octanol–water partition coefficient (Wildman–Crippen LogP) is 3.63. The molecule has 0 aliphatic carbocycles. The summed E-state index contributed by atoms with van der Waals surface area (Å²) in [6, 6.07) is 9.39. The number of aromatic amines is 1. The van der Waals surface area contributed by atoms with Crippen molar-refractivity contribution in [3.05, 3.63) is 58.5 Å². The third-order valence-corrected chi connectivity index (χ3v) is 5.80. The lowest BCUT2D eigenvalue weighted by Crippen LogP contribution is -2.60. The Kier molecular flexibility index (Phi) is 3.86. The number of nitrogens with zero attached hydrogens (tertiary/aromatic N) is 1. The highest BCUT2D eigenvalue weighted by Gasteiger charge is 2.49. The lowest BCUT2D eigenvalue weighted by molar-refractivity contribution is -0.155. The van der Waals surface area contributed by atoms with Crippen molar-refractivity contribution >= 4 is 40.0 Å². The second-order valence-corrected chi connectivity index (χ2v) is 7.92. The maximum absolute atomic E-state index is 13.7. The summed E-state index contributed by atoms with van der Waals surface area (Å²) in [7, 11) is 0. The quantitative estimate of drug-likeness (QED) is 0.598. The lowest BCUT2D eigenvalue weighted by atomic mass is 9.97. The van der Waals surface area contributed by atoms with Gasteiger partial charge in [-0.3, -0.25) is 9.59 Å². The zero-order valence-electron chi connectivity index (χ0n) is 15.5. The number of anilines is 1. The number of hydrogen-bond acceptors (Lipinski definition) is 3. The minimum absolute atomic E-state index is 0.275. The Bertz CT molecular complexity index is 1190. The zero-order chi connectivity index (χ0) is 20.3. The van der Waals surface area contributed by atoms with Crippen LogP contribution in [0.15, 0.2) is 36.4 Å². The molecule has 148 valence electrons. The van der Waals surface area contributed by atoms with Crippen molar-refractivity contribution in [3.63, 3.8) is 0 Å². The van der Waals surface area contributed by atoms with E-state index in [-0.39, 0.29) is 12.4 Å². The van der Waals surface area contributed by atoms with Crippen molar-refractivity contribution in [2.24, 2.45) is 0 Å². The molecule has 0 fully saturated rings. The number of carbonyl (C=O) groups is 2. The number of carbonyl (C=O) groups excluding carboxylic acids is 2. The average Bonchev–Trinajstić information content (AvgIpc) is 3.05. The van der Waals surface area contributed by atoms with Crippen molar-refractivity contribution in [1.29, 1.82) is 0 Å². The summed E-state index contributed by atoms with van der Waals surface area (Å²) in [4.78, 5) is 30.9. The fourth-order valence-electron chi connectivity index (χ4n) is 4.00. The number of halogens is 2. The fourth-order valence-corrected chi connectivity index (χ4v) is 4.17. The van der Waals surface area contributed by atoms with Crippen LogP contribution in [0.1, 0.15) is 18.2 Å². The van der Waals surface area contributed by atoms with E-state index >= 15 is 0 Å². The number of fused-ring (bicyclic) bond motifs is 4. The highest BCUT2D eigenvalue weighted by atomic mass is 35.5. The van der Waals surface area contributed by atoms with Crippen LogP contribution in [0.3, 0.4) is 0 Å². The molecule has 2 aliphatic rings. The second-order valence-electron chi connectivity index (χ2n) is 7.48. The minimum Gasteiger partial charge on any atom is -0.466 e. The maximum atomic E-state index is 13.7. The molecule has 0 saturated heterocycles. The summed E-state index contributed by atoms with van der Waals surface area (Å²) in [6.07, 6.45) is 0.585. The largest absolute Gasteiger partial charge is 0.466 e. The normalized spacial score (nSPS) is 20.7. The van der Waals surface area contributed by atoms with Gasteiger partial charge >= 0.3 is 0 Å². The molecule has 29 heavy (non-hydrogen) atoms. The molecule has 3 aromatic rings. The summed E-state index contributed by atoms with van der Waals surface area (Å²) in [6.45, 7) is 2.17. The van der Waals surface area contributed by atoms with E-state index in [9.17, 15) is 14.0 Å². The summed E-state index contributed by atoms with van der Waals surface area (Å²) in [5.41, 5.74) is 1.41. The highest BCUT2D eigenvalue weighted by molar-refractivity contribution is 6.31. The van der Waals surface area contributed by atoms with Crippen LogP contribution in [-0.2, 0) is 22.6 Å². The number of aromatic nitrogens is 1. The van der Waals surface area contributed by atoms with Gasteiger partial charge in [-0.1, -0.05) is 11.6 Å². The third-order valence-electron chi connectivity index (χ3n) is 5.57. The number of benzene rings is 2. The number of amides is 2. The zero-order valence-corrected chi connectivity index (χ0v) is 16.3. The van der Waals surface area contributed by atoms with E-state index in [0.29, 0.717) is 29.4 Å². The van der Waals surface area contributed by atoms with E-state index in [1.54, 1.807) is 29.2 Å². The molecule has 2 aliphatic heterocycles. The van der Waals surface area contributed by atoms with Gasteiger partial charge in [-0.25, -0.2) is 4.39 Å². The molecule has 1 unspecified atom stereocenters. The van der Waals surface area contributed by atoms with Crippen LogP contribution < -0.4 is 10.1 Å². The molecule has 3 heterocycles. The van der Waals surface area contributed by atoms with Crippen molar-refractivity contribution in [2.75, 3.05) is 11.9 Å². The molecule has 5 rings (SSSR count). The van der Waals surface area contributed by atoms with Gasteiger partial charge in [0, 0.05) is 46.7 Å². The number of ether oxygens (including phenoxy) is 1. The van der Waals surface area contributed by atoms with Crippen LogP contribution in [0, 0.1) is 5.82 Å². The van der Waals surface area contributed by atoms with Gasteiger partial charge in [0.25, 0.3) is 17.4 Å². The lowest BCUT2D eigenvalue weighted by Gasteiger charge is -2.38. The standard InChI is InChI=1S/C21H17ClFN3O3/c1-21(19(27)25-17-8-11(22)2-5-18(17)29-21)20(28)26-7-6-16-14(10-26)13-9-12(23)3-4-15(13)24-16/h2-5,8-9,24H,6-7,10H2,1H3,(H,25,27). The predicted molar refractivity (Wildman–Crippen MR) is 106 cm³/mol. The Balaban J connectivity index is 1.47. The fraction of sp³-hybridized carbons (Fsp3) is 0.238. The maximum Gasteiger partial charge on any atom is 0.278 e. The van der Waals surface area contributed by atoms with Crippen molar-refractivity contribution in [1.82, 2.24) is 9.88 Å². The second kappa shape index (κ2) is 6.22. The molecule has 1 atom stereocenters. The minimum atomic E-state index is -1.70. The molecule has 0 saturated carbocycles. The van der Waals surface area contributed by atoms with Crippen LogP contribution in [0.4, 0.5) is 10.1 Å². The van der Waals surface area contributed by atoms with Crippen LogP contribution in [0.5, 0.6) is 5.75 Å². The summed E-state index contributed by atoms with van der Waals surface area (Å²) < 4.78 is 19.6. The van der Waals surface area contributed by atoms with E-state index in [4.69, 9.17) is 16.3 Å². The molecular formula is C21H17ClFN3O3. The number of H-pyrrole nitrogens is 1. The monoisotopic (exact) mass is 413 g/mol. The molecular weight excluding hydrogens is 397 g/mol. The summed E-state index contributed by atoms with van der Waals surface area (Å²) in [5, 5.41) is 3.91. The van der Waals surface area contributed by atoms with Gasteiger partial charge in [-0.15, -0.1) is 0 Å². The Morgan fingerprint density at radius 2 is 2.10 bits per heavy atom. The van der Waals surface area contributed by atoms with Crippen molar-refractivity contribution in [2.45, 2.75) is 25.5 Å². The average molecular weight is 414 g/mol. The van der Waals surface area contributed by atoms with E-state index < -0.39 is 17.4 Å². The molecule has 8 heteroatoms. The topological polar surface area (TPSA) is 74.4 Å². The van der Waals surface area contributed by atoms with Gasteiger partial charge in [0.1, 0.15) is 11.6 Å². The highest BCUT2D eigenvalue weighted by Crippen LogP contribution is 2.37. The molecule has 0 spiro atoms. The first-order valence-electron chi connectivity index (χ1n) is 9.23. The van der Waals surface area contributed by atoms with Gasteiger partial charge in [0.15, 0.2) is 0 Å². The van der Waals surface area contributed by atoms with Gasteiger partial charge < -0.3 is 19.9 Å². The molecule has 0 radical (unpaired) electrons. The number of hydrogen-bond donors (Lipinski definition) is 2. The van der Waals surface area contributed by atoms with Crippen LogP contribution in [0.2, 0.25) is 5.02 Å². The molecule has 2 aromatic carbocycles. The molecule has 6 nitrogen and oxygen atoms in total. The molecule has 2 amide bonds. The van der Waals surface area contributed by atoms with Crippen molar-refractivity contribution in [3.8, 4) is 5.75 Å². The Labute approximate surface area is 170 Å². The Morgan fingerprint density at radius 3 is 2.93 bits per heavy atom. The first-order valence-corrected chi connectivity index (χ1v) is 9.61. The van der Waals surface area contributed by atoms with E-state index in [1.165, 1.54) is 19.1 Å². The Morgan fingerprint density at radius 1 is 1.28 bits per heavy atom. The number of rotatable bonds is 1. The van der Waals surface area contributed by atoms with Crippen LogP contribution in [0.25, 0.3) is 10.9 Å². The first-order chi connectivity index (χ1) is 13.8. The Hall–Kier alpha value is -3.06. The van der Waals surface area contributed by atoms with Crippen LogP contribution in [-0.4, -0.2) is 33.8 Å². The van der Waals surface area contributed by atoms with E-state index in [1.807, 2.05) is 0 Å². The molecule has 1 aromatic heterocycles. The van der Waals surface area contributed by atoms with Gasteiger partial charge in [0.2, 0.25) is 0 Å². The third kappa shape index (κ3) is 2.76. The molecule has 0 bridgehead atoms. The number of nitrogens with one attached hydrogen (secondary N) is 2. The van der Waals surface area contributed by atoms with Crippen molar-refractivity contribution < 1.29 is 18.7 Å². The van der Waals surface area contributed by atoms with Gasteiger partial charge in [0.05, 0.1) is 5.69 Å². The van der Waals surface area contributed by atoms with Crippen LogP contribution >= 0.6 is 11.6 Å². The first kappa shape index (κ1) is 18.0. The SMILES string of the molecule is CC1(C(=O)N2CCc3[nH]c4ccc(F)cc4c3C2)Oc2ccc(Cl)cc2NC1=O. The van der Waals surface area contributed by atoms with E-state index in [0.717, 1.165) is 22.2 Å². The van der Waals surface area contributed by atoms with Gasteiger partial charge in [-0.05, 0) is 43.3 Å². The molecule has 2 N–H and O–H groups in total.